The van der Waals surface area contributed by atoms with Crippen LogP contribution >= 0.6 is 0 Å². The first-order valence-corrected chi connectivity index (χ1v) is 13.7. The van der Waals surface area contributed by atoms with Crippen LogP contribution < -0.4 is 19.7 Å². The van der Waals surface area contributed by atoms with E-state index in [1.807, 2.05) is 48.5 Å². The molecule has 1 fully saturated rings. The molecule has 2 N–H and O–H groups in total. The second kappa shape index (κ2) is 15.9. The molecule has 1 aromatic heterocycles. The van der Waals surface area contributed by atoms with Crippen LogP contribution in [0.4, 0.5) is 10.1 Å². The van der Waals surface area contributed by atoms with Gasteiger partial charge in [-0.3, -0.25) is 9.69 Å². The number of carbonyl (C=O) groups excluding carboxylic acids is 1. The molecule has 2 heterocycles. The van der Waals surface area contributed by atoms with Crippen molar-refractivity contribution in [1.29, 1.82) is 0 Å². The van der Waals surface area contributed by atoms with Crippen molar-refractivity contribution in [2.24, 2.45) is 0 Å². The Balaban J connectivity index is 1.14. The monoisotopic (exact) mass is 554 g/mol. The first kappa shape index (κ1) is 29.4. The number of aromatic amines is 1. The highest BCUT2D eigenvalue weighted by molar-refractivity contribution is 5.98. The van der Waals surface area contributed by atoms with Crippen LogP contribution in [0.5, 0.6) is 11.5 Å². The minimum atomic E-state index is -0.490. The Labute approximate surface area is 234 Å². The van der Waals surface area contributed by atoms with E-state index in [2.05, 4.69) is 32.2 Å². The lowest BCUT2D eigenvalue weighted by molar-refractivity contribution is 0.0325. The number of rotatable bonds is 16. The maximum atomic E-state index is 12.6. The fourth-order valence-corrected chi connectivity index (χ4v) is 4.53. The lowest BCUT2D eigenvalue weighted by Gasteiger charge is -2.36. The first-order chi connectivity index (χ1) is 19.7. The number of piperazine rings is 1. The van der Waals surface area contributed by atoms with Crippen molar-refractivity contribution in [3.8, 4) is 11.5 Å². The number of hydrogen-bond acceptors (Lipinski definition) is 7. The Hall–Kier alpha value is -3.60. The van der Waals surface area contributed by atoms with E-state index in [1.54, 1.807) is 7.11 Å². The van der Waals surface area contributed by atoms with Crippen LogP contribution in [0.2, 0.25) is 0 Å². The van der Waals surface area contributed by atoms with Crippen molar-refractivity contribution in [2.75, 3.05) is 91.0 Å². The fraction of sp³-hybridized carbons (Fsp3) is 0.433. The lowest BCUT2D eigenvalue weighted by atomic mass is 10.2. The molecule has 1 saturated heterocycles. The Bertz CT molecular complexity index is 1230. The Morgan fingerprint density at radius 2 is 1.75 bits per heavy atom. The molecule has 1 aliphatic rings. The largest absolute Gasteiger partial charge is 0.495 e. The maximum absolute atomic E-state index is 12.6. The van der Waals surface area contributed by atoms with Gasteiger partial charge >= 0.3 is 0 Å². The van der Waals surface area contributed by atoms with Gasteiger partial charge in [0, 0.05) is 50.2 Å². The number of halogens is 1. The van der Waals surface area contributed by atoms with Crippen LogP contribution in [-0.4, -0.2) is 102 Å². The van der Waals surface area contributed by atoms with E-state index < -0.39 is 6.67 Å². The maximum Gasteiger partial charge on any atom is 0.267 e. The summed E-state index contributed by atoms with van der Waals surface area (Å²) in [5, 5.41) is 3.84. The number of methoxy groups -OCH3 is 1. The first-order valence-electron chi connectivity index (χ1n) is 13.7. The lowest BCUT2D eigenvalue weighted by Crippen LogP contribution is -2.46. The summed E-state index contributed by atoms with van der Waals surface area (Å²) in [6.07, 6.45) is 4.10. The van der Waals surface area contributed by atoms with E-state index in [0.717, 1.165) is 55.1 Å². The molecule has 216 valence electrons. The van der Waals surface area contributed by atoms with Crippen molar-refractivity contribution < 1.29 is 28.1 Å². The number of anilines is 1. The standard InChI is InChI=1S/C30H39FN4O5/c1-37-29-7-3-2-6-28(29)35-15-13-34(14-16-35)12-5-4-11-32-30(36)27-23-24-22-25(8-9-26(24)33-27)40-21-20-39-19-18-38-17-10-31/h2-9,22-23,33H,10-21H2,1H3,(H,32,36)/b5-4+. The van der Waals surface area contributed by atoms with Gasteiger partial charge < -0.3 is 34.1 Å². The minimum Gasteiger partial charge on any atom is -0.495 e. The molecule has 1 aliphatic heterocycles. The molecule has 0 unspecified atom stereocenters. The van der Waals surface area contributed by atoms with Crippen LogP contribution in [-0.2, 0) is 9.47 Å². The molecule has 0 atom stereocenters. The number of para-hydroxylation sites is 2. The average molecular weight is 555 g/mol. The summed E-state index contributed by atoms with van der Waals surface area (Å²) in [4.78, 5) is 20.6. The minimum absolute atomic E-state index is 0.0951. The van der Waals surface area contributed by atoms with Gasteiger partial charge in [0.25, 0.3) is 5.91 Å². The van der Waals surface area contributed by atoms with Crippen LogP contribution in [0.15, 0.2) is 60.7 Å². The number of aromatic nitrogens is 1. The van der Waals surface area contributed by atoms with Gasteiger partial charge in [-0.1, -0.05) is 24.3 Å². The number of fused-ring (bicyclic) bond motifs is 1. The number of nitrogens with zero attached hydrogens (tertiary/aromatic N) is 2. The third-order valence-electron chi connectivity index (χ3n) is 6.64. The van der Waals surface area contributed by atoms with Crippen molar-refractivity contribution in [1.82, 2.24) is 15.2 Å². The topological polar surface area (TPSA) is 88.3 Å². The number of carbonyl (C=O) groups is 1. The molecule has 0 bridgehead atoms. The highest BCUT2D eigenvalue weighted by Crippen LogP contribution is 2.28. The molecule has 0 saturated carbocycles. The highest BCUT2D eigenvalue weighted by atomic mass is 19.1. The third-order valence-corrected chi connectivity index (χ3v) is 6.64. The predicted molar refractivity (Wildman–Crippen MR) is 155 cm³/mol. The van der Waals surface area contributed by atoms with Gasteiger partial charge in [0.2, 0.25) is 0 Å². The van der Waals surface area contributed by atoms with Crippen LogP contribution in [0, 0.1) is 0 Å². The smallest absolute Gasteiger partial charge is 0.267 e. The van der Waals surface area contributed by atoms with Crippen LogP contribution in [0.25, 0.3) is 10.9 Å². The quantitative estimate of drug-likeness (QED) is 0.206. The van der Waals surface area contributed by atoms with Crippen LogP contribution in [0.3, 0.4) is 0 Å². The summed E-state index contributed by atoms with van der Waals surface area (Å²) in [7, 11) is 1.71. The molecule has 2 aromatic carbocycles. The molecule has 40 heavy (non-hydrogen) atoms. The Morgan fingerprint density at radius 1 is 0.975 bits per heavy atom. The number of benzene rings is 2. The van der Waals surface area contributed by atoms with E-state index >= 15 is 0 Å². The number of hydrogen-bond donors (Lipinski definition) is 2. The SMILES string of the molecule is COc1ccccc1N1CCN(C/C=C/CNC(=O)c2cc3cc(OCCOCCOCCF)ccc3[nH]2)CC1. The van der Waals surface area contributed by atoms with E-state index in [9.17, 15) is 9.18 Å². The van der Waals surface area contributed by atoms with Gasteiger partial charge in [0.15, 0.2) is 0 Å². The summed E-state index contributed by atoms with van der Waals surface area (Å²) in [6.45, 7) is 6.31. The van der Waals surface area contributed by atoms with Gasteiger partial charge in [-0.25, -0.2) is 4.39 Å². The molecule has 0 spiro atoms. The number of nitrogens with one attached hydrogen (secondary N) is 2. The van der Waals surface area contributed by atoms with Gasteiger partial charge in [-0.15, -0.1) is 0 Å². The average Bonchev–Trinajstić information content (AvgIpc) is 3.42. The second-order valence-corrected chi connectivity index (χ2v) is 9.34. The zero-order valence-electron chi connectivity index (χ0n) is 23.1. The molecule has 9 nitrogen and oxygen atoms in total. The van der Waals surface area contributed by atoms with Gasteiger partial charge in [0.05, 0.1) is 39.2 Å². The van der Waals surface area contributed by atoms with E-state index in [4.69, 9.17) is 18.9 Å². The van der Waals surface area contributed by atoms with Crippen molar-refractivity contribution in [3.63, 3.8) is 0 Å². The van der Waals surface area contributed by atoms with Gasteiger partial charge in [-0.2, -0.15) is 0 Å². The molecular weight excluding hydrogens is 515 g/mol. The Kier molecular flexibility index (Phi) is 11.6. The van der Waals surface area contributed by atoms with E-state index in [-0.39, 0.29) is 12.5 Å². The van der Waals surface area contributed by atoms with Crippen molar-refractivity contribution in [2.45, 2.75) is 0 Å². The Morgan fingerprint density at radius 3 is 2.55 bits per heavy atom. The normalized spacial score (nSPS) is 14.2. The summed E-state index contributed by atoms with van der Waals surface area (Å²) in [5.74, 6) is 1.45. The molecular formula is C30H39FN4O5. The summed E-state index contributed by atoms with van der Waals surface area (Å²) in [6, 6.07) is 15.6. The van der Waals surface area contributed by atoms with Crippen molar-refractivity contribution >= 4 is 22.5 Å². The highest BCUT2D eigenvalue weighted by Gasteiger charge is 2.18. The fourth-order valence-electron chi connectivity index (χ4n) is 4.53. The second-order valence-electron chi connectivity index (χ2n) is 9.34. The van der Waals surface area contributed by atoms with Gasteiger partial charge in [0.1, 0.15) is 30.5 Å². The molecule has 4 rings (SSSR count). The zero-order valence-corrected chi connectivity index (χ0v) is 23.1. The van der Waals surface area contributed by atoms with Crippen molar-refractivity contribution in [3.05, 3.63) is 66.4 Å². The zero-order chi connectivity index (χ0) is 28.0. The third kappa shape index (κ3) is 8.70. The molecule has 10 heteroatoms. The van der Waals surface area contributed by atoms with E-state index in [1.165, 1.54) is 0 Å². The number of H-pyrrole nitrogens is 1. The number of amides is 1. The predicted octanol–water partition coefficient (Wildman–Crippen LogP) is 3.67. The number of ether oxygens (including phenoxy) is 4. The number of alkyl halides is 1. The molecule has 3 aromatic rings. The summed E-state index contributed by atoms with van der Waals surface area (Å²) in [5.41, 5.74) is 2.51. The molecule has 1 amide bonds. The molecule has 0 radical (unpaired) electrons. The van der Waals surface area contributed by atoms with E-state index in [0.29, 0.717) is 44.4 Å². The summed E-state index contributed by atoms with van der Waals surface area (Å²) >= 11 is 0. The summed E-state index contributed by atoms with van der Waals surface area (Å²) < 4.78 is 33.6. The molecule has 0 aliphatic carbocycles. The van der Waals surface area contributed by atoms with Crippen LogP contribution in [0.1, 0.15) is 10.5 Å². The van der Waals surface area contributed by atoms with Gasteiger partial charge in [-0.05, 0) is 36.4 Å².